The van der Waals surface area contributed by atoms with Crippen molar-refractivity contribution in [1.82, 2.24) is 15.5 Å². The van der Waals surface area contributed by atoms with E-state index in [4.69, 9.17) is 4.74 Å². The largest absolute Gasteiger partial charge is 0.385 e. The number of nitrogens with one attached hydrogen (secondary N) is 2. The maximum Gasteiger partial charge on any atom is 0.317 e. The Morgan fingerprint density at radius 2 is 2.29 bits per heavy atom. The van der Waals surface area contributed by atoms with E-state index in [-0.39, 0.29) is 11.4 Å². The second-order valence-corrected chi connectivity index (χ2v) is 5.30. The molecule has 5 heteroatoms. The van der Waals surface area contributed by atoms with E-state index in [0.29, 0.717) is 0 Å². The summed E-state index contributed by atoms with van der Waals surface area (Å²) < 4.78 is 5.09. The van der Waals surface area contributed by atoms with Crippen LogP contribution in [0, 0.1) is 5.41 Å². The molecule has 0 aromatic heterocycles. The first-order chi connectivity index (χ1) is 8.05. The molecule has 1 fully saturated rings. The Kier molecular flexibility index (Phi) is 5.71. The summed E-state index contributed by atoms with van der Waals surface area (Å²) in [7, 11) is 1.73. The second kappa shape index (κ2) is 6.81. The van der Waals surface area contributed by atoms with E-state index in [0.717, 1.165) is 45.8 Å². The highest BCUT2D eigenvalue weighted by molar-refractivity contribution is 5.76. The van der Waals surface area contributed by atoms with Gasteiger partial charge >= 0.3 is 6.03 Å². The number of ether oxygens (including phenoxy) is 1. The van der Waals surface area contributed by atoms with Crippen LogP contribution in [0.2, 0.25) is 0 Å². The number of hydrogen-bond acceptors (Lipinski definition) is 3. The van der Waals surface area contributed by atoms with Gasteiger partial charge in [0.2, 0.25) is 0 Å². The molecule has 2 N–H and O–H groups in total. The average Bonchev–Trinajstić information content (AvgIpc) is 2.68. The Bertz CT molecular complexity index is 244. The van der Waals surface area contributed by atoms with E-state index < -0.39 is 0 Å². The molecule has 5 nitrogen and oxygen atoms in total. The van der Waals surface area contributed by atoms with Crippen LogP contribution < -0.4 is 10.6 Å². The summed E-state index contributed by atoms with van der Waals surface area (Å²) in [5.41, 5.74) is 0.239. The first-order valence-corrected chi connectivity index (χ1v) is 6.27. The van der Waals surface area contributed by atoms with Crippen molar-refractivity contribution in [1.29, 1.82) is 0 Å². The fourth-order valence-electron chi connectivity index (χ4n) is 1.83. The van der Waals surface area contributed by atoms with Crippen molar-refractivity contribution >= 4 is 6.03 Å². The highest BCUT2D eigenvalue weighted by Gasteiger charge is 2.20. The van der Waals surface area contributed by atoms with Gasteiger partial charge in [0.15, 0.2) is 0 Å². The van der Waals surface area contributed by atoms with Crippen molar-refractivity contribution in [3.63, 3.8) is 0 Å². The predicted octanol–water partition coefficient (Wildman–Crippen LogP) is 0.664. The molecular weight excluding hydrogens is 218 g/mol. The monoisotopic (exact) mass is 243 g/mol. The number of carbonyl (C=O) groups is 1. The minimum Gasteiger partial charge on any atom is -0.385 e. The standard InChI is InChI=1S/C12H25N3O2/c1-12(2,4-9-17-3)10-13-5-7-15-8-6-14-11(15)16/h13H,4-10H2,1-3H3,(H,14,16). The quantitative estimate of drug-likeness (QED) is 0.616. The van der Waals surface area contributed by atoms with Crippen LogP contribution >= 0.6 is 0 Å². The molecule has 0 aromatic rings. The molecular formula is C12H25N3O2. The van der Waals surface area contributed by atoms with Gasteiger partial charge < -0.3 is 20.3 Å². The van der Waals surface area contributed by atoms with Gasteiger partial charge in [-0.05, 0) is 11.8 Å². The van der Waals surface area contributed by atoms with Gasteiger partial charge in [0.25, 0.3) is 0 Å². The Labute approximate surface area is 104 Å². The third-order valence-corrected chi connectivity index (χ3v) is 3.09. The molecule has 0 spiro atoms. The van der Waals surface area contributed by atoms with E-state index in [2.05, 4.69) is 24.5 Å². The molecule has 100 valence electrons. The summed E-state index contributed by atoms with van der Waals surface area (Å²) in [6.07, 6.45) is 1.04. The van der Waals surface area contributed by atoms with E-state index in [1.807, 2.05) is 4.90 Å². The number of carbonyl (C=O) groups excluding carboxylic acids is 1. The Morgan fingerprint density at radius 3 is 2.88 bits per heavy atom. The minimum atomic E-state index is 0.0606. The zero-order chi connectivity index (χ0) is 12.7. The van der Waals surface area contributed by atoms with Crippen LogP contribution in [0.3, 0.4) is 0 Å². The smallest absolute Gasteiger partial charge is 0.317 e. The van der Waals surface area contributed by atoms with Gasteiger partial charge in [-0.25, -0.2) is 4.79 Å². The molecule has 1 heterocycles. The Hall–Kier alpha value is -0.810. The maximum absolute atomic E-state index is 11.3. The third kappa shape index (κ3) is 5.37. The fourth-order valence-corrected chi connectivity index (χ4v) is 1.83. The first-order valence-electron chi connectivity index (χ1n) is 6.27. The van der Waals surface area contributed by atoms with Crippen LogP contribution in [0.5, 0.6) is 0 Å². The highest BCUT2D eigenvalue weighted by Crippen LogP contribution is 2.18. The van der Waals surface area contributed by atoms with Gasteiger partial charge in [-0.1, -0.05) is 13.8 Å². The second-order valence-electron chi connectivity index (χ2n) is 5.30. The SMILES string of the molecule is COCCC(C)(C)CNCCN1CCNC1=O. The number of hydrogen-bond donors (Lipinski definition) is 2. The fraction of sp³-hybridized carbons (Fsp3) is 0.917. The summed E-state index contributed by atoms with van der Waals surface area (Å²) in [5, 5.41) is 6.20. The summed E-state index contributed by atoms with van der Waals surface area (Å²) >= 11 is 0. The number of methoxy groups -OCH3 is 1. The molecule has 0 aliphatic carbocycles. The van der Waals surface area contributed by atoms with Crippen LogP contribution in [-0.4, -0.2) is 57.4 Å². The summed E-state index contributed by atoms with van der Waals surface area (Å²) in [4.78, 5) is 13.1. The summed E-state index contributed by atoms with van der Waals surface area (Å²) in [5.74, 6) is 0. The van der Waals surface area contributed by atoms with Crippen LogP contribution in [0.1, 0.15) is 20.3 Å². The molecule has 1 aliphatic heterocycles. The Morgan fingerprint density at radius 1 is 1.53 bits per heavy atom. The number of urea groups is 1. The molecule has 0 atom stereocenters. The lowest BCUT2D eigenvalue weighted by atomic mass is 9.90. The van der Waals surface area contributed by atoms with E-state index in [1.165, 1.54) is 0 Å². The van der Waals surface area contributed by atoms with Crippen molar-refractivity contribution in [2.75, 3.05) is 46.4 Å². The molecule has 1 aliphatic rings. The van der Waals surface area contributed by atoms with E-state index in [9.17, 15) is 4.79 Å². The lowest BCUT2D eigenvalue weighted by molar-refractivity contribution is 0.150. The molecule has 0 aromatic carbocycles. The van der Waals surface area contributed by atoms with Crippen LogP contribution in [0.4, 0.5) is 4.79 Å². The topological polar surface area (TPSA) is 53.6 Å². The third-order valence-electron chi connectivity index (χ3n) is 3.09. The van der Waals surface area contributed by atoms with Gasteiger partial charge in [0, 0.05) is 46.4 Å². The number of rotatable bonds is 8. The molecule has 0 unspecified atom stereocenters. The highest BCUT2D eigenvalue weighted by atomic mass is 16.5. The summed E-state index contributed by atoms with van der Waals surface area (Å²) in [6, 6.07) is 0.0606. The number of amides is 2. The van der Waals surface area contributed by atoms with Gasteiger partial charge in [0.05, 0.1) is 0 Å². The lowest BCUT2D eigenvalue weighted by Crippen LogP contribution is -2.38. The maximum atomic E-state index is 11.3. The van der Waals surface area contributed by atoms with E-state index in [1.54, 1.807) is 7.11 Å². The Balaban J connectivity index is 2.08. The molecule has 0 radical (unpaired) electrons. The molecule has 17 heavy (non-hydrogen) atoms. The van der Waals surface area contributed by atoms with Crippen molar-refractivity contribution in [2.24, 2.45) is 5.41 Å². The lowest BCUT2D eigenvalue weighted by Gasteiger charge is -2.25. The van der Waals surface area contributed by atoms with Crippen LogP contribution in [0.25, 0.3) is 0 Å². The van der Waals surface area contributed by atoms with Crippen molar-refractivity contribution in [3.05, 3.63) is 0 Å². The molecule has 1 rings (SSSR count). The van der Waals surface area contributed by atoms with Gasteiger partial charge in [-0.2, -0.15) is 0 Å². The van der Waals surface area contributed by atoms with E-state index >= 15 is 0 Å². The molecule has 0 saturated carbocycles. The van der Waals surface area contributed by atoms with Crippen molar-refractivity contribution in [2.45, 2.75) is 20.3 Å². The number of nitrogens with zero attached hydrogens (tertiary/aromatic N) is 1. The molecule has 2 amide bonds. The predicted molar refractivity (Wildman–Crippen MR) is 68.1 cm³/mol. The van der Waals surface area contributed by atoms with Gasteiger partial charge in [-0.15, -0.1) is 0 Å². The zero-order valence-corrected chi connectivity index (χ0v) is 11.2. The van der Waals surface area contributed by atoms with Gasteiger partial charge in [-0.3, -0.25) is 0 Å². The van der Waals surface area contributed by atoms with Crippen LogP contribution in [0.15, 0.2) is 0 Å². The molecule has 0 bridgehead atoms. The van der Waals surface area contributed by atoms with Crippen molar-refractivity contribution < 1.29 is 9.53 Å². The zero-order valence-electron chi connectivity index (χ0n) is 11.2. The van der Waals surface area contributed by atoms with Crippen molar-refractivity contribution in [3.8, 4) is 0 Å². The molecule has 1 saturated heterocycles. The van der Waals surface area contributed by atoms with Gasteiger partial charge in [0.1, 0.15) is 0 Å². The summed E-state index contributed by atoms with van der Waals surface area (Å²) in [6.45, 7) is 9.43. The first kappa shape index (κ1) is 14.3. The normalized spacial score (nSPS) is 16.4. The average molecular weight is 243 g/mol. The van der Waals surface area contributed by atoms with Crippen LogP contribution in [-0.2, 0) is 4.74 Å². The minimum absolute atomic E-state index is 0.0606.